The molecule has 1 atom stereocenters. The van der Waals surface area contributed by atoms with Crippen LogP contribution in [-0.2, 0) is 0 Å². The van der Waals surface area contributed by atoms with Gasteiger partial charge in [0.2, 0.25) is 0 Å². The van der Waals surface area contributed by atoms with Gasteiger partial charge in [0, 0.05) is 25.7 Å². The standard InChI is InChI=1S/C13H31N3/c1-7-8-16(10-9-15(5)6)11-12(14)13(2,3)4/h12H,7-11,14H2,1-6H3. The average molecular weight is 229 g/mol. The zero-order valence-electron chi connectivity index (χ0n) is 12.1. The molecule has 0 aromatic rings. The smallest absolute Gasteiger partial charge is 0.0217 e. The molecule has 0 heterocycles. The number of nitrogens with zero attached hydrogens (tertiary/aromatic N) is 2. The molecule has 0 aliphatic rings. The van der Waals surface area contributed by atoms with Crippen LogP contribution in [0.3, 0.4) is 0 Å². The van der Waals surface area contributed by atoms with E-state index in [1.54, 1.807) is 0 Å². The molecule has 98 valence electrons. The summed E-state index contributed by atoms with van der Waals surface area (Å²) in [7, 11) is 4.24. The summed E-state index contributed by atoms with van der Waals surface area (Å²) in [6.07, 6.45) is 1.20. The number of hydrogen-bond acceptors (Lipinski definition) is 3. The van der Waals surface area contributed by atoms with Crippen molar-refractivity contribution in [3.63, 3.8) is 0 Å². The first-order valence-electron chi connectivity index (χ1n) is 6.40. The average Bonchev–Trinajstić information content (AvgIpc) is 2.12. The van der Waals surface area contributed by atoms with Crippen molar-refractivity contribution in [1.29, 1.82) is 0 Å². The molecule has 0 aromatic heterocycles. The topological polar surface area (TPSA) is 32.5 Å². The van der Waals surface area contributed by atoms with Crippen LogP contribution in [0.15, 0.2) is 0 Å². The first kappa shape index (κ1) is 15.9. The van der Waals surface area contributed by atoms with Crippen molar-refractivity contribution < 1.29 is 0 Å². The van der Waals surface area contributed by atoms with E-state index in [-0.39, 0.29) is 11.5 Å². The van der Waals surface area contributed by atoms with Gasteiger partial charge in [-0.05, 0) is 32.5 Å². The lowest BCUT2D eigenvalue weighted by atomic mass is 9.87. The predicted octanol–water partition coefficient (Wildman–Crippen LogP) is 1.63. The molecule has 2 N–H and O–H groups in total. The van der Waals surface area contributed by atoms with Crippen molar-refractivity contribution in [2.24, 2.45) is 11.1 Å². The molecule has 0 spiro atoms. The van der Waals surface area contributed by atoms with Crippen LogP contribution in [0.25, 0.3) is 0 Å². The molecule has 0 saturated heterocycles. The highest BCUT2D eigenvalue weighted by molar-refractivity contribution is 4.80. The van der Waals surface area contributed by atoms with Crippen LogP contribution in [0, 0.1) is 5.41 Å². The van der Waals surface area contributed by atoms with Crippen LogP contribution in [0.1, 0.15) is 34.1 Å². The minimum atomic E-state index is 0.199. The molecule has 1 unspecified atom stereocenters. The Labute approximate surface area is 102 Å². The van der Waals surface area contributed by atoms with E-state index in [2.05, 4.69) is 51.6 Å². The molecule has 0 aliphatic heterocycles. The Morgan fingerprint density at radius 2 is 1.62 bits per heavy atom. The minimum Gasteiger partial charge on any atom is -0.326 e. The van der Waals surface area contributed by atoms with Gasteiger partial charge in [0.1, 0.15) is 0 Å². The van der Waals surface area contributed by atoms with Crippen LogP contribution >= 0.6 is 0 Å². The van der Waals surface area contributed by atoms with Crippen LogP contribution in [0.2, 0.25) is 0 Å². The van der Waals surface area contributed by atoms with Gasteiger partial charge in [-0.1, -0.05) is 27.7 Å². The molecule has 0 aliphatic carbocycles. The Balaban J connectivity index is 4.11. The minimum absolute atomic E-state index is 0.199. The summed E-state index contributed by atoms with van der Waals surface area (Å²) in [5.74, 6) is 0. The van der Waals surface area contributed by atoms with Gasteiger partial charge < -0.3 is 15.5 Å². The molecule has 3 heteroatoms. The Kier molecular flexibility index (Phi) is 7.20. The lowest BCUT2D eigenvalue weighted by Crippen LogP contribution is -2.47. The van der Waals surface area contributed by atoms with Gasteiger partial charge in [-0.15, -0.1) is 0 Å². The molecule has 0 rings (SSSR count). The maximum absolute atomic E-state index is 6.23. The second kappa shape index (κ2) is 7.25. The monoisotopic (exact) mass is 229 g/mol. The van der Waals surface area contributed by atoms with Gasteiger partial charge in [0.15, 0.2) is 0 Å². The van der Waals surface area contributed by atoms with Gasteiger partial charge >= 0.3 is 0 Å². The number of likely N-dealkylation sites (N-methyl/N-ethyl adjacent to an activating group) is 1. The first-order chi connectivity index (χ1) is 7.27. The first-order valence-corrected chi connectivity index (χ1v) is 6.40. The van der Waals surface area contributed by atoms with Gasteiger partial charge in [0.05, 0.1) is 0 Å². The number of rotatable bonds is 7. The Morgan fingerprint density at radius 3 is 2.00 bits per heavy atom. The summed E-state index contributed by atoms with van der Waals surface area (Å²) in [5, 5.41) is 0. The van der Waals surface area contributed by atoms with Gasteiger partial charge in [-0.25, -0.2) is 0 Å². The van der Waals surface area contributed by atoms with Crippen LogP contribution in [-0.4, -0.2) is 56.1 Å². The lowest BCUT2D eigenvalue weighted by molar-refractivity contribution is 0.185. The number of hydrogen-bond donors (Lipinski definition) is 1. The fraction of sp³-hybridized carbons (Fsp3) is 1.00. The van der Waals surface area contributed by atoms with Crippen LogP contribution in [0.4, 0.5) is 0 Å². The summed E-state index contributed by atoms with van der Waals surface area (Å²) in [6, 6.07) is 0.251. The van der Waals surface area contributed by atoms with E-state index < -0.39 is 0 Å². The molecule has 0 fully saturated rings. The Hall–Kier alpha value is -0.120. The molecule has 0 bridgehead atoms. The van der Waals surface area contributed by atoms with E-state index in [9.17, 15) is 0 Å². The van der Waals surface area contributed by atoms with Crippen molar-refractivity contribution in [2.45, 2.75) is 40.2 Å². The Morgan fingerprint density at radius 1 is 1.06 bits per heavy atom. The SMILES string of the molecule is CCCN(CCN(C)C)CC(N)C(C)(C)C. The van der Waals surface area contributed by atoms with Crippen molar-refractivity contribution in [3.8, 4) is 0 Å². The van der Waals surface area contributed by atoms with E-state index in [0.29, 0.717) is 0 Å². The largest absolute Gasteiger partial charge is 0.326 e. The second-order valence-electron chi connectivity index (χ2n) is 6.08. The van der Waals surface area contributed by atoms with E-state index >= 15 is 0 Å². The van der Waals surface area contributed by atoms with E-state index in [1.165, 1.54) is 6.42 Å². The summed E-state index contributed by atoms with van der Waals surface area (Å²) < 4.78 is 0. The van der Waals surface area contributed by atoms with Crippen molar-refractivity contribution in [2.75, 3.05) is 40.3 Å². The third-order valence-electron chi connectivity index (χ3n) is 2.97. The molecule has 0 radical (unpaired) electrons. The van der Waals surface area contributed by atoms with Crippen molar-refractivity contribution >= 4 is 0 Å². The van der Waals surface area contributed by atoms with E-state index in [4.69, 9.17) is 5.73 Å². The molecule has 0 amide bonds. The summed E-state index contributed by atoms with van der Waals surface area (Å²) in [6.45, 7) is 13.3. The third kappa shape index (κ3) is 7.20. The summed E-state index contributed by atoms with van der Waals surface area (Å²) in [4.78, 5) is 4.71. The quantitative estimate of drug-likeness (QED) is 0.720. The molecular weight excluding hydrogens is 198 g/mol. The molecule has 3 nitrogen and oxygen atoms in total. The summed E-state index contributed by atoms with van der Waals surface area (Å²) in [5.41, 5.74) is 6.43. The third-order valence-corrected chi connectivity index (χ3v) is 2.97. The number of nitrogens with two attached hydrogens (primary N) is 1. The maximum Gasteiger partial charge on any atom is 0.0217 e. The van der Waals surface area contributed by atoms with Gasteiger partial charge in [-0.3, -0.25) is 0 Å². The van der Waals surface area contributed by atoms with E-state index in [1.807, 2.05) is 0 Å². The van der Waals surface area contributed by atoms with Crippen LogP contribution < -0.4 is 5.73 Å². The highest BCUT2D eigenvalue weighted by Crippen LogP contribution is 2.18. The van der Waals surface area contributed by atoms with Crippen LogP contribution in [0.5, 0.6) is 0 Å². The molecule has 16 heavy (non-hydrogen) atoms. The lowest BCUT2D eigenvalue weighted by Gasteiger charge is -2.33. The zero-order chi connectivity index (χ0) is 12.8. The molecular formula is C13H31N3. The van der Waals surface area contributed by atoms with Gasteiger partial charge in [0.25, 0.3) is 0 Å². The van der Waals surface area contributed by atoms with E-state index in [0.717, 1.165) is 26.2 Å². The maximum atomic E-state index is 6.23. The molecule has 0 aromatic carbocycles. The highest BCUT2D eigenvalue weighted by atomic mass is 15.2. The zero-order valence-corrected chi connectivity index (χ0v) is 12.1. The normalized spacial score (nSPS) is 14.8. The highest BCUT2D eigenvalue weighted by Gasteiger charge is 2.22. The van der Waals surface area contributed by atoms with Gasteiger partial charge in [-0.2, -0.15) is 0 Å². The fourth-order valence-electron chi connectivity index (χ4n) is 1.50. The fourth-order valence-corrected chi connectivity index (χ4v) is 1.50. The Bertz CT molecular complexity index is 173. The van der Waals surface area contributed by atoms with Crippen molar-refractivity contribution in [3.05, 3.63) is 0 Å². The summed E-state index contributed by atoms with van der Waals surface area (Å²) >= 11 is 0. The predicted molar refractivity (Wildman–Crippen MR) is 72.7 cm³/mol. The second-order valence-corrected chi connectivity index (χ2v) is 6.08. The van der Waals surface area contributed by atoms with Crippen molar-refractivity contribution in [1.82, 2.24) is 9.80 Å². The molecule has 0 saturated carbocycles.